The maximum absolute atomic E-state index is 13.4. The van der Waals surface area contributed by atoms with Crippen molar-refractivity contribution in [3.63, 3.8) is 0 Å². The van der Waals surface area contributed by atoms with Crippen LogP contribution in [0.5, 0.6) is 0 Å². The van der Waals surface area contributed by atoms with Gasteiger partial charge in [0.05, 0.1) is 0 Å². The van der Waals surface area contributed by atoms with Gasteiger partial charge < -0.3 is 19.1 Å². The number of aromatic nitrogens is 1. The first kappa shape index (κ1) is 25.5. The van der Waals surface area contributed by atoms with Crippen LogP contribution < -0.4 is 10.5 Å². The average Bonchev–Trinajstić information content (AvgIpc) is 2.94. The molecular formula is C30H28ClN3O4. The lowest BCUT2D eigenvalue weighted by Gasteiger charge is -2.36. The first-order valence-corrected chi connectivity index (χ1v) is 12.9. The number of esters is 1. The highest BCUT2D eigenvalue weighted by molar-refractivity contribution is 6.30. The number of nitrogens with zero attached hydrogens (tertiary/aromatic N) is 3. The van der Waals surface area contributed by atoms with Gasteiger partial charge in [0.25, 0.3) is 11.5 Å². The lowest BCUT2D eigenvalue weighted by Crippen LogP contribution is -2.50. The topological polar surface area (TPSA) is 71.9 Å². The first-order chi connectivity index (χ1) is 18.3. The summed E-state index contributed by atoms with van der Waals surface area (Å²) in [6.07, 6.45) is 0. The molecule has 0 unspecified atom stereocenters. The van der Waals surface area contributed by atoms with E-state index in [0.717, 1.165) is 16.8 Å². The number of fused-ring (bicyclic) bond motifs is 1. The summed E-state index contributed by atoms with van der Waals surface area (Å²) in [5.74, 6) is -0.983. The van der Waals surface area contributed by atoms with Crippen LogP contribution in [0.3, 0.4) is 0 Å². The summed E-state index contributed by atoms with van der Waals surface area (Å²) in [4.78, 5) is 43.3. The molecule has 4 aromatic rings. The second-order valence-corrected chi connectivity index (χ2v) is 9.86. The Labute approximate surface area is 225 Å². The lowest BCUT2D eigenvalue weighted by atomic mass is 9.96. The van der Waals surface area contributed by atoms with E-state index in [4.69, 9.17) is 16.3 Å². The smallest absolute Gasteiger partial charge is 0.356 e. The van der Waals surface area contributed by atoms with Crippen molar-refractivity contribution in [2.75, 3.05) is 37.7 Å². The van der Waals surface area contributed by atoms with E-state index in [9.17, 15) is 14.4 Å². The number of carbonyl (C=O) groups is 2. The summed E-state index contributed by atoms with van der Waals surface area (Å²) >= 11 is 6.11. The molecule has 1 aliphatic rings. The van der Waals surface area contributed by atoms with E-state index >= 15 is 0 Å². The van der Waals surface area contributed by atoms with Gasteiger partial charge in [0.1, 0.15) is 5.69 Å². The fraction of sp³-hybridized carbons (Fsp3) is 0.233. The van der Waals surface area contributed by atoms with Crippen molar-refractivity contribution in [3.05, 3.63) is 99.4 Å². The van der Waals surface area contributed by atoms with Gasteiger partial charge in [-0.25, -0.2) is 4.79 Å². The van der Waals surface area contributed by atoms with Gasteiger partial charge in [-0.3, -0.25) is 9.59 Å². The van der Waals surface area contributed by atoms with Crippen LogP contribution in [0.25, 0.3) is 21.9 Å². The van der Waals surface area contributed by atoms with Gasteiger partial charge in [-0.2, -0.15) is 0 Å². The van der Waals surface area contributed by atoms with Crippen molar-refractivity contribution >= 4 is 39.9 Å². The third kappa shape index (κ3) is 5.02. The van der Waals surface area contributed by atoms with Crippen molar-refractivity contribution in [2.45, 2.75) is 6.92 Å². The predicted molar refractivity (Wildman–Crippen MR) is 150 cm³/mol. The van der Waals surface area contributed by atoms with Crippen molar-refractivity contribution in [2.24, 2.45) is 7.05 Å². The fourth-order valence-corrected chi connectivity index (χ4v) is 5.07. The van der Waals surface area contributed by atoms with E-state index < -0.39 is 12.6 Å². The molecule has 0 saturated carbocycles. The summed E-state index contributed by atoms with van der Waals surface area (Å²) < 4.78 is 6.83. The third-order valence-corrected chi connectivity index (χ3v) is 7.20. The van der Waals surface area contributed by atoms with Crippen molar-refractivity contribution in [1.29, 1.82) is 0 Å². The van der Waals surface area contributed by atoms with E-state index in [-0.39, 0.29) is 17.2 Å². The maximum Gasteiger partial charge on any atom is 0.356 e. The summed E-state index contributed by atoms with van der Waals surface area (Å²) in [5.41, 5.74) is 3.31. The number of hydrogen-bond donors (Lipinski definition) is 0. The molecule has 8 heteroatoms. The number of halogens is 1. The highest BCUT2D eigenvalue weighted by Gasteiger charge is 2.26. The fourth-order valence-electron chi connectivity index (χ4n) is 4.89. The molecule has 0 radical (unpaired) electrons. The zero-order valence-corrected chi connectivity index (χ0v) is 22.1. The van der Waals surface area contributed by atoms with Gasteiger partial charge in [-0.1, -0.05) is 65.7 Å². The quantitative estimate of drug-likeness (QED) is 0.351. The molecule has 0 aliphatic carbocycles. The number of rotatable bonds is 5. The molecule has 2 heterocycles. The second-order valence-electron chi connectivity index (χ2n) is 9.42. The molecule has 1 saturated heterocycles. The zero-order valence-electron chi connectivity index (χ0n) is 21.3. The number of ether oxygens (including phenoxy) is 1. The van der Waals surface area contributed by atoms with Crippen molar-refractivity contribution in [1.82, 2.24) is 9.47 Å². The Morgan fingerprint density at radius 2 is 1.58 bits per heavy atom. The first-order valence-electron chi connectivity index (χ1n) is 12.5. The Morgan fingerprint density at radius 1 is 0.895 bits per heavy atom. The molecule has 0 spiro atoms. The highest BCUT2D eigenvalue weighted by atomic mass is 35.5. The number of carbonyl (C=O) groups excluding carboxylic acids is 2. The normalized spacial score (nSPS) is 13.6. The molecule has 3 aromatic carbocycles. The molecule has 38 heavy (non-hydrogen) atoms. The molecule has 0 N–H and O–H groups in total. The van der Waals surface area contributed by atoms with E-state index in [1.165, 1.54) is 4.57 Å². The molecule has 1 amide bonds. The summed E-state index contributed by atoms with van der Waals surface area (Å²) in [6, 6.07) is 22.6. The SMILES string of the molecule is Cc1ccc(-c2c(C(=O)OCC(=O)N3CCN(c4cccc(Cl)c4)CC3)n(C)c(=O)c3ccccc23)cc1. The van der Waals surface area contributed by atoms with Gasteiger partial charge in [0, 0.05) is 54.9 Å². The van der Waals surface area contributed by atoms with E-state index in [2.05, 4.69) is 4.90 Å². The molecule has 5 rings (SSSR count). The number of anilines is 1. The van der Waals surface area contributed by atoms with Crippen LogP contribution in [0, 0.1) is 6.92 Å². The summed E-state index contributed by atoms with van der Waals surface area (Å²) in [6.45, 7) is 3.90. The Bertz CT molecular complexity index is 1570. The Hall–Kier alpha value is -4.10. The number of aryl methyl sites for hydroxylation is 1. The number of pyridine rings is 1. The largest absolute Gasteiger partial charge is 0.451 e. The molecule has 1 fully saturated rings. The van der Waals surface area contributed by atoms with Gasteiger partial charge in [-0.05, 0) is 42.1 Å². The van der Waals surface area contributed by atoms with Crippen LogP contribution in [0.1, 0.15) is 16.1 Å². The molecule has 1 aliphatic heterocycles. The number of piperazine rings is 1. The second kappa shape index (κ2) is 10.7. The molecule has 0 bridgehead atoms. The van der Waals surface area contributed by atoms with E-state index in [1.54, 1.807) is 24.1 Å². The third-order valence-electron chi connectivity index (χ3n) is 6.97. The molecule has 1 aromatic heterocycles. The van der Waals surface area contributed by atoms with Crippen LogP contribution in [0.4, 0.5) is 5.69 Å². The van der Waals surface area contributed by atoms with E-state index in [1.807, 2.05) is 67.6 Å². The van der Waals surface area contributed by atoms with E-state index in [0.29, 0.717) is 47.5 Å². The molecule has 7 nitrogen and oxygen atoms in total. The summed E-state index contributed by atoms with van der Waals surface area (Å²) in [7, 11) is 1.56. The van der Waals surface area contributed by atoms with Gasteiger partial charge in [-0.15, -0.1) is 0 Å². The van der Waals surface area contributed by atoms with Crippen molar-refractivity contribution in [3.8, 4) is 11.1 Å². The predicted octanol–water partition coefficient (Wildman–Crippen LogP) is 4.67. The van der Waals surface area contributed by atoms with Crippen LogP contribution in [0.2, 0.25) is 5.02 Å². The number of amides is 1. The molecule has 0 atom stereocenters. The monoisotopic (exact) mass is 529 g/mol. The van der Waals surface area contributed by atoms with Crippen molar-refractivity contribution < 1.29 is 14.3 Å². The average molecular weight is 530 g/mol. The molecule has 194 valence electrons. The van der Waals surface area contributed by atoms with Gasteiger partial charge >= 0.3 is 5.97 Å². The van der Waals surface area contributed by atoms with Crippen LogP contribution in [-0.2, 0) is 16.6 Å². The number of benzene rings is 3. The van der Waals surface area contributed by atoms with Gasteiger partial charge in [0.2, 0.25) is 0 Å². The lowest BCUT2D eigenvalue weighted by molar-refractivity contribution is -0.134. The minimum Gasteiger partial charge on any atom is -0.451 e. The summed E-state index contributed by atoms with van der Waals surface area (Å²) in [5, 5.41) is 1.84. The van der Waals surface area contributed by atoms with Crippen LogP contribution in [-0.4, -0.2) is 54.1 Å². The highest BCUT2D eigenvalue weighted by Crippen LogP contribution is 2.31. The minimum atomic E-state index is -0.711. The van der Waals surface area contributed by atoms with Crippen LogP contribution >= 0.6 is 11.6 Å². The Morgan fingerprint density at radius 3 is 2.26 bits per heavy atom. The zero-order chi connectivity index (χ0) is 26.8. The Balaban J connectivity index is 1.35. The Kier molecular flexibility index (Phi) is 7.20. The van der Waals surface area contributed by atoms with Gasteiger partial charge in [0.15, 0.2) is 6.61 Å². The standard InChI is InChI=1S/C30H28ClN3O4/c1-20-10-12-21(13-11-20)27-24-8-3-4-9-25(24)29(36)32(2)28(27)30(37)38-19-26(35)34-16-14-33(15-17-34)23-7-5-6-22(31)18-23/h3-13,18H,14-17,19H2,1-2H3. The number of hydrogen-bond acceptors (Lipinski definition) is 5. The maximum atomic E-state index is 13.4. The van der Waals surface area contributed by atoms with Crippen LogP contribution in [0.15, 0.2) is 77.6 Å². The minimum absolute atomic E-state index is 0.121. The molecular weight excluding hydrogens is 502 g/mol.